The molecule has 0 aliphatic carbocycles. The van der Waals surface area contributed by atoms with Crippen molar-refractivity contribution in [3.63, 3.8) is 0 Å². The molecule has 96 valence electrons. The van der Waals surface area contributed by atoms with Crippen molar-refractivity contribution < 1.29 is 5.11 Å². The first-order valence-electron chi connectivity index (χ1n) is 6.07. The smallest absolute Gasteiger partial charge is 0.0558 e. The molecule has 0 radical (unpaired) electrons. The maximum Gasteiger partial charge on any atom is 0.0558 e. The van der Waals surface area contributed by atoms with Gasteiger partial charge in [0.05, 0.1) is 6.61 Å². The molecule has 0 spiro atoms. The number of rotatable bonds is 6. The first kappa shape index (κ1) is 13.5. The lowest BCUT2D eigenvalue weighted by Gasteiger charge is -2.24. The molecule has 3 nitrogen and oxygen atoms in total. The zero-order valence-corrected chi connectivity index (χ0v) is 12.3. The second-order valence-corrected chi connectivity index (χ2v) is 6.39. The number of halogens is 1. The Bertz CT molecular complexity index is 339. The molecule has 2 rings (SSSR count). The molecule has 1 aromatic rings. The number of hydrogen-bond donors (Lipinski definition) is 2. The minimum absolute atomic E-state index is 0.235. The molecule has 17 heavy (non-hydrogen) atoms. The monoisotopic (exact) mass is 318 g/mol. The maximum atomic E-state index is 9.13. The number of nitrogens with one attached hydrogen (secondary N) is 1. The molecule has 1 aromatic heterocycles. The third-order valence-electron chi connectivity index (χ3n) is 3.06. The lowest BCUT2D eigenvalue weighted by Crippen LogP contribution is -2.38. The van der Waals surface area contributed by atoms with E-state index in [1.807, 2.05) is 0 Å². The van der Waals surface area contributed by atoms with Gasteiger partial charge in [0.15, 0.2) is 0 Å². The van der Waals surface area contributed by atoms with Crippen LogP contribution in [0.15, 0.2) is 15.9 Å². The summed E-state index contributed by atoms with van der Waals surface area (Å²) in [6.07, 6.45) is 2.54. The topological polar surface area (TPSA) is 35.5 Å². The van der Waals surface area contributed by atoms with Crippen molar-refractivity contribution in [2.24, 2.45) is 0 Å². The molecule has 1 aliphatic rings. The van der Waals surface area contributed by atoms with Crippen LogP contribution in [0, 0.1) is 0 Å². The average molecular weight is 319 g/mol. The van der Waals surface area contributed by atoms with E-state index in [0.29, 0.717) is 6.04 Å². The van der Waals surface area contributed by atoms with Crippen molar-refractivity contribution in [2.75, 3.05) is 26.2 Å². The van der Waals surface area contributed by atoms with E-state index in [1.54, 1.807) is 11.3 Å². The molecule has 0 aromatic carbocycles. The van der Waals surface area contributed by atoms with Gasteiger partial charge in [0.25, 0.3) is 0 Å². The summed E-state index contributed by atoms with van der Waals surface area (Å²) in [6.45, 7) is 4.11. The van der Waals surface area contributed by atoms with Crippen LogP contribution >= 0.6 is 27.3 Å². The van der Waals surface area contributed by atoms with Gasteiger partial charge >= 0.3 is 0 Å². The van der Waals surface area contributed by atoms with Crippen LogP contribution in [0.4, 0.5) is 0 Å². The highest BCUT2D eigenvalue weighted by Crippen LogP contribution is 2.21. The van der Waals surface area contributed by atoms with Gasteiger partial charge in [0.1, 0.15) is 0 Å². The summed E-state index contributed by atoms with van der Waals surface area (Å²) in [7, 11) is 0. The van der Waals surface area contributed by atoms with Gasteiger partial charge in [-0.3, -0.25) is 4.90 Å². The summed E-state index contributed by atoms with van der Waals surface area (Å²) in [6, 6.07) is 2.77. The molecule has 0 bridgehead atoms. The van der Waals surface area contributed by atoms with Crippen molar-refractivity contribution in [1.29, 1.82) is 0 Å². The van der Waals surface area contributed by atoms with E-state index < -0.39 is 0 Å². The highest BCUT2D eigenvalue weighted by atomic mass is 79.9. The number of nitrogens with zero attached hydrogens (tertiary/aromatic N) is 1. The highest BCUT2D eigenvalue weighted by Gasteiger charge is 2.18. The van der Waals surface area contributed by atoms with E-state index in [2.05, 4.69) is 37.6 Å². The Hall–Kier alpha value is 0.0600. The van der Waals surface area contributed by atoms with Crippen molar-refractivity contribution in [3.8, 4) is 0 Å². The number of aliphatic hydroxyl groups is 1. The van der Waals surface area contributed by atoms with Crippen LogP contribution in [0.25, 0.3) is 0 Å². The van der Waals surface area contributed by atoms with E-state index in [0.717, 1.165) is 30.7 Å². The molecule has 2 N–H and O–H groups in total. The highest BCUT2D eigenvalue weighted by molar-refractivity contribution is 9.10. The fourth-order valence-corrected chi connectivity index (χ4v) is 3.75. The van der Waals surface area contributed by atoms with E-state index in [4.69, 9.17) is 5.11 Å². The van der Waals surface area contributed by atoms with Crippen LogP contribution in [0.3, 0.4) is 0 Å². The minimum Gasteiger partial charge on any atom is -0.395 e. The summed E-state index contributed by atoms with van der Waals surface area (Å²) in [5.74, 6) is 0. The second kappa shape index (κ2) is 6.85. The second-order valence-electron chi connectivity index (χ2n) is 4.48. The van der Waals surface area contributed by atoms with E-state index in [9.17, 15) is 0 Å². The molecule has 1 atom stereocenters. The van der Waals surface area contributed by atoms with E-state index in [-0.39, 0.29) is 6.61 Å². The molecule has 1 unspecified atom stereocenters. The first-order chi connectivity index (χ1) is 8.28. The first-order valence-corrected chi connectivity index (χ1v) is 7.74. The average Bonchev–Trinajstić information content (AvgIpc) is 2.91. The van der Waals surface area contributed by atoms with Crippen molar-refractivity contribution in [3.05, 3.63) is 20.8 Å². The molecule has 1 aliphatic heterocycles. The molecular weight excluding hydrogens is 300 g/mol. The summed E-state index contributed by atoms with van der Waals surface area (Å²) >= 11 is 5.25. The van der Waals surface area contributed by atoms with Crippen molar-refractivity contribution >= 4 is 27.3 Å². The zero-order chi connectivity index (χ0) is 12.1. The Morgan fingerprint density at radius 2 is 2.47 bits per heavy atom. The van der Waals surface area contributed by atoms with Gasteiger partial charge in [-0.2, -0.15) is 0 Å². The standard InChI is InChI=1S/C12H19BrN2OS/c13-10-6-12(17-9-10)8-15(4-5-16)7-11-2-1-3-14-11/h6,9,11,14,16H,1-5,7-8H2. The molecule has 0 amide bonds. The van der Waals surface area contributed by atoms with Crippen LogP contribution in [-0.2, 0) is 6.54 Å². The SMILES string of the molecule is OCCN(Cc1cc(Br)cs1)CC1CCCN1. The van der Waals surface area contributed by atoms with Gasteiger partial charge in [-0.25, -0.2) is 0 Å². The van der Waals surface area contributed by atoms with Gasteiger partial charge in [-0.05, 0) is 41.4 Å². The van der Waals surface area contributed by atoms with Crippen LogP contribution in [0.5, 0.6) is 0 Å². The third-order valence-corrected chi connectivity index (χ3v) is 4.74. The Morgan fingerprint density at radius 1 is 1.59 bits per heavy atom. The van der Waals surface area contributed by atoms with Crippen molar-refractivity contribution in [2.45, 2.75) is 25.4 Å². The molecule has 1 saturated heterocycles. The van der Waals surface area contributed by atoms with Gasteiger partial charge in [-0.15, -0.1) is 11.3 Å². The number of thiophene rings is 1. The third kappa shape index (κ3) is 4.34. The minimum atomic E-state index is 0.235. The number of aliphatic hydroxyl groups excluding tert-OH is 1. The van der Waals surface area contributed by atoms with Crippen LogP contribution in [0.1, 0.15) is 17.7 Å². The summed E-state index contributed by atoms with van der Waals surface area (Å²) in [5, 5.41) is 14.7. The molecule has 2 heterocycles. The predicted octanol–water partition coefficient (Wildman–Crippen LogP) is 2.06. The van der Waals surface area contributed by atoms with Crippen LogP contribution < -0.4 is 5.32 Å². The van der Waals surface area contributed by atoms with Gasteiger partial charge in [-0.1, -0.05) is 0 Å². The fraction of sp³-hybridized carbons (Fsp3) is 0.667. The van der Waals surface area contributed by atoms with Crippen molar-refractivity contribution in [1.82, 2.24) is 10.2 Å². The normalized spacial score (nSPS) is 20.3. The van der Waals surface area contributed by atoms with Gasteiger partial charge in [0, 0.05) is 40.4 Å². The number of hydrogen-bond acceptors (Lipinski definition) is 4. The predicted molar refractivity (Wildman–Crippen MR) is 75.4 cm³/mol. The Morgan fingerprint density at radius 3 is 3.06 bits per heavy atom. The summed E-state index contributed by atoms with van der Waals surface area (Å²) < 4.78 is 1.15. The van der Waals surface area contributed by atoms with E-state index >= 15 is 0 Å². The maximum absolute atomic E-state index is 9.13. The van der Waals surface area contributed by atoms with Gasteiger partial charge < -0.3 is 10.4 Å². The largest absolute Gasteiger partial charge is 0.395 e. The lowest BCUT2D eigenvalue weighted by molar-refractivity contribution is 0.180. The zero-order valence-electron chi connectivity index (χ0n) is 9.86. The van der Waals surface area contributed by atoms with Crippen LogP contribution in [0.2, 0.25) is 0 Å². The molecule has 0 saturated carbocycles. The molecular formula is C12H19BrN2OS. The Kier molecular flexibility index (Phi) is 5.44. The quantitative estimate of drug-likeness (QED) is 0.842. The van der Waals surface area contributed by atoms with E-state index in [1.165, 1.54) is 17.7 Å². The molecule has 5 heteroatoms. The summed E-state index contributed by atoms with van der Waals surface area (Å²) in [4.78, 5) is 3.68. The Labute approximate surface area is 115 Å². The Balaban J connectivity index is 1.87. The fourth-order valence-electron chi connectivity index (χ4n) is 2.26. The summed E-state index contributed by atoms with van der Waals surface area (Å²) in [5.41, 5.74) is 0. The molecule has 1 fully saturated rings. The van der Waals surface area contributed by atoms with Crippen LogP contribution in [-0.4, -0.2) is 42.3 Å². The lowest BCUT2D eigenvalue weighted by atomic mass is 10.2. The van der Waals surface area contributed by atoms with Gasteiger partial charge in [0.2, 0.25) is 0 Å².